The van der Waals surface area contributed by atoms with Crippen molar-refractivity contribution in [3.8, 4) is 0 Å². The molecule has 0 radical (unpaired) electrons. The van der Waals surface area contributed by atoms with E-state index in [1.54, 1.807) is 69.2 Å². The van der Waals surface area contributed by atoms with Gasteiger partial charge in [0.2, 0.25) is 0 Å². The number of rotatable bonds is 14. The molecule has 0 fully saturated rings. The molecule has 42 heavy (non-hydrogen) atoms. The van der Waals surface area contributed by atoms with E-state index in [1.807, 2.05) is 0 Å². The van der Waals surface area contributed by atoms with Crippen LogP contribution in [-0.2, 0) is 47.6 Å². The number of amides is 2. The molecule has 0 saturated heterocycles. The van der Waals surface area contributed by atoms with Gasteiger partial charge in [0.1, 0.15) is 49.7 Å². The van der Waals surface area contributed by atoms with Crippen LogP contribution in [0, 0.1) is 11.8 Å². The lowest BCUT2D eigenvalue weighted by Crippen LogP contribution is -2.47. The fraction of sp³-hybridized carbons (Fsp3) is 0.714. The molecule has 0 unspecified atom stereocenters. The van der Waals surface area contributed by atoms with Crippen molar-refractivity contribution in [1.29, 1.82) is 0 Å². The molecule has 0 aliphatic heterocycles. The molecule has 0 bridgehead atoms. The lowest BCUT2D eigenvalue weighted by molar-refractivity contribution is -0.153. The number of hydrogen-bond donors (Lipinski definition) is 2. The Kier molecular flexibility index (Phi) is 16.2. The van der Waals surface area contributed by atoms with Crippen LogP contribution >= 0.6 is 0 Å². The highest BCUT2D eigenvalue weighted by Crippen LogP contribution is 2.11. The Labute approximate surface area is 247 Å². The summed E-state index contributed by atoms with van der Waals surface area (Å²) in [7, 11) is 0. The second-order valence-electron chi connectivity index (χ2n) is 11.7. The molecule has 0 aliphatic rings. The summed E-state index contributed by atoms with van der Waals surface area (Å²) >= 11 is 0. The zero-order chi connectivity index (χ0) is 32.7. The quantitative estimate of drug-likeness (QED) is 0.129. The Morgan fingerprint density at radius 3 is 1.10 bits per heavy atom. The SMILES string of the molecule is CC(C)[C@H](NC(=O)OC(C)(C)C)C(=O)OCCOC(=O)/C=C/C(=O)OCCOC(=O)[C@@H](NC(=O)OC(C)(C)C)C(C)C. The lowest BCUT2D eigenvalue weighted by atomic mass is 10.1. The summed E-state index contributed by atoms with van der Waals surface area (Å²) in [5, 5.41) is 4.90. The van der Waals surface area contributed by atoms with E-state index in [-0.39, 0.29) is 38.3 Å². The number of carbonyl (C=O) groups is 6. The fourth-order valence-electron chi connectivity index (χ4n) is 2.85. The topological polar surface area (TPSA) is 182 Å². The minimum atomic E-state index is -0.970. The van der Waals surface area contributed by atoms with Gasteiger partial charge >= 0.3 is 36.1 Å². The molecule has 0 rings (SSSR count). The second kappa shape index (κ2) is 17.9. The molecule has 2 amide bonds. The lowest BCUT2D eigenvalue weighted by Gasteiger charge is -2.24. The van der Waals surface area contributed by atoms with E-state index < -0.39 is 59.3 Å². The Bertz CT molecular complexity index is 885. The molecule has 0 spiro atoms. The predicted molar refractivity (Wildman–Crippen MR) is 149 cm³/mol. The van der Waals surface area contributed by atoms with E-state index in [4.69, 9.17) is 28.4 Å². The molecule has 2 atom stereocenters. The summed E-state index contributed by atoms with van der Waals surface area (Å²) in [6.07, 6.45) is 0.0948. The van der Waals surface area contributed by atoms with Crippen LogP contribution in [0.5, 0.6) is 0 Å². The van der Waals surface area contributed by atoms with Crippen molar-refractivity contribution in [1.82, 2.24) is 10.6 Å². The van der Waals surface area contributed by atoms with Crippen LogP contribution < -0.4 is 10.6 Å². The number of hydrogen-bond acceptors (Lipinski definition) is 12. The first-order chi connectivity index (χ1) is 19.2. The van der Waals surface area contributed by atoms with Crippen LogP contribution in [0.15, 0.2) is 12.2 Å². The highest BCUT2D eigenvalue weighted by atomic mass is 16.6. The second-order valence-corrected chi connectivity index (χ2v) is 11.7. The first-order valence-electron chi connectivity index (χ1n) is 13.6. The third-order valence-electron chi connectivity index (χ3n) is 4.69. The standard InChI is InChI=1S/C28H46N2O12/c1-17(2)21(29-25(35)41-27(5,6)7)23(33)39-15-13-37-19(31)11-12-20(32)38-14-16-40-24(34)22(18(3)4)30-26(36)42-28(8,9)10/h11-12,17-18,21-22H,13-16H2,1-10H3,(H,29,35)(H,30,36)/b12-11+/t21-,22-/m0/s1. The Balaban J connectivity index is 4.42. The van der Waals surface area contributed by atoms with Gasteiger partial charge in [-0.3, -0.25) is 0 Å². The smallest absolute Gasteiger partial charge is 0.408 e. The number of ether oxygens (including phenoxy) is 6. The maximum atomic E-state index is 12.3. The summed E-state index contributed by atoms with van der Waals surface area (Å²) < 4.78 is 30.1. The van der Waals surface area contributed by atoms with Crippen LogP contribution in [0.25, 0.3) is 0 Å². The van der Waals surface area contributed by atoms with Crippen molar-refractivity contribution >= 4 is 36.1 Å². The molecule has 0 aromatic rings. The van der Waals surface area contributed by atoms with Crippen LogP contribution in [0.2, 0.25) is 0 Å². The van der Waals surface area contributed by atoms with E-state index in [2.05, 4.69) is 10.6 Å². The molecule has 240 valence electrons. The van der Waals surface area contributed by atoms with Crippen LogP contribution in [0.1, 0.15) is 69.2 Å². The van der Waals surface area contributed by atoms with E-state index in [0.717, 1.165) is 12.2 Å². The Hall–Kier alpha value is -3.84. The van der Waals surface area contributed by atoms with Gasteiger partial charge in [-0.15, -0.1) is 0 Å². The van der Waals surface area contributed by atoms with Crippen molar-refractivity contribution in [2.45, 2.75) is 92.5 Å². The maximum absolute atomic E-state index is 12.3. The summed E-state index contributed by atoms with van der Waals surface area (Å²) in [5.74, 6) is -3.84. The van der Waals surface area contributed by atoms with Crippen molar-refractivity contribution in [2.24, 2.45) is 11.8 Å². The van der Waals surface area contributed by atoms with Gasteiger partial charge in [-0.05, 0) is 53.4 Å². The maximum Gasteiger partial charge on any atom is 0.408 e. The molecular weight excluding hydrogens is 556 g/mol. The summed E-state index contributed by atoms with van der Waals surface area (Å²) in [4.78, 5) is 72.2. The first kappa shape index (κ1) is 38.2. The first-order valence-corrected chi connectivity index (χ1v) is 13.6. The van der Waals surface area contributed by atoms with Gasteiger partial charge in [0.15, 0.2) is 0 Å². The average Bonchev–Trinajstić information content (AvgIpc) is 2.82. The molecule has 0 heterocycles. The van der Waals surface area contributed by atoms with Gasteiger partial charge in [-0.1, -0.05) is 27.7 Å². The average molecular weight is 603 g/mol. The Morgan fingerprint density at radius 1 is 0.548 bits per heavy atom. The third-order valence-corrected chi connectivity index (χ3v) is 4.69. The molecule has 0 aromatic carbocycles. The van der Waals surface area contributed by atoms with E-state index >= 15 is 0 Å². The number of esters is 4. The third kappa shape index (κ3) is 18.5. The van der Waals surface area contributed by atoms with Crippen LogP contribution in [0.4, 0.5) is 9.59 Å². The zero-order valence-electron chi connectivity index (χ0n) is 26.2. The molecule has 0 aliphatic carbocycles. The minimum Gasteiger partial charge on any atom is -0.461 e. The van der Waals surface area contributed by atoms with Crippen molar-refractivity contribution in [3.05, 3.63) is 12.2 Å². The highest BCUT2D eigenvalue weighted by Gasteiger charge is 2.29. The van der Waals surface area contributed by atoms with Crippen molar-refractivity contribution in [2.75, 3.05) is 26.4 Å². The summed E-state index contributed by atoms with van der Waals surface area (Å²) in [6, 6.07) is -1.94. The number of nitrogens with one attached hydrogen (secondary N) is 2. The molecule has 0 saturated carbocycles. The molecule has 14 nitrogen and oxygen atoms in total. The van der Waals surface area contributed by atoms with Gasteiger partial charge in [0.05, 0.1) is 0 Å². The van der Waals surface area contributed by atoms with E-state index in [9.17, 15) is 28.8 Å². The molecule has 2 N–H and O–H groups in total. The van der Waals surface area contributed by atoms with Crippen LogP contribution in [-0.4, -0.2) is 85.8 Å². The normalized spacial score (nSPS) is 13.1. The zero-order valence-corrected chi connectivity index (χ0v) is 26.2. The van der Waals surface area contributed by atoms with Gasteiger partial charge in [-0.2, -0.15) is 0 Å². The van der Waals surface area contributed by atoms with E-state index in [1.165, 1.54) is 0 Å². The predicted octanol–water partition coefficient (Wildman–Crippen LogP) is 2.81. The van der Waals surface area contributed by atoms with Gasteiger partial charge < -0.3 is 39.1 Å². The van der Waals surface area contributed by atoms with Gasteiger partial charge in [0.25, 0.3) is 0 Å². The monoisotopic (exact) mass is 602 g/mol. The summed E-state index contributed by atoms with van der Waals surface area (Å²) in [5.41, 5.74) is -1.48. The molecule has 14 heteroatoms. The minimum absolute atomic E-state index is 0.284. The van der Waals surface area contributed by atoms with Crippen molar-refractivity contribution in [3.63, 3.8) is 0 Å². The molecular formula is C28H46N2O12. The van der Waals surface area contributed by atoms with Crippen molar-refractivity contribution < 1.29 is 57.2 Å². The highest BCUT2D eigenvalue weighted by molar-refractivity contribution is 5.91. The fourth-order valence-corrected chi connectivity index (χ4v) is 2.85. The van der Waals surface area contributed by atoms with Crippen LogP contribution in [0.3, 0.4) is 0 Å². The number of carbonyl (C=O) groups excluding carboxylic acids is 6. The van der Waals surface area contributed by atoms with E-state index in [0.29, 0.717) is 0 Å². The van der Waals surface area contributed by atoms with Gasteiger partial charge in [-0.25, -0.2) is 28.8 Å². The summed E-state index contributed by atoms with van der Waals surface area (Å²) in [6.45, 7) is 15.8. The molecule has 0 aromatic heterocycles. The Morgan fingerprint density at radius 2 is 0.833 bits per heavy atom. The largest absolute Gasteiger partial charge is 0.461 e. The van der Waals surface area contributed by atoms with Gasteiger partial charge in [0, 0.05) is 12.2 Å². The number of alkyl carbamates (subject to hydrolysis) is 2.